The van der Waals surface area contributed by atoms with E-state index in [2.05, 4.69) is 6.92 Å². The Balaban J connectivity index is 2.37. The molecule has 1 heterocycles. The van der Waals surface area contributed by atoms with Crippen LogP contribution >= 0.6 is 0 Å². The number of aliphatic hydroxyl groups is 1. The predicted octanol–water partition coefficient (Wildman–Crippen LogP) is 1.99. The second-order valence-electron chi connectivity index (χ2n) is 5.36. The molecule has 1 saturated heterocycles. The minimum Gasteiger partial charge on any atom is -0.392 e. The number of sulfonamides is 1. The lowest BCUT2D eigenvalue weighted by atomic mass is 9.95. The molecule has 1 N–H and O–H groups in total. The van der Waals surface area contributed by atoms with Crippen LogP contribution in [0, 0.1) is 5.92 Å². The van der Waals surface area contributed by atoms with Gasteiger partial charge in [0.15, 0.2) is 0 Å². The van der Waals surface area contributed by atoms with Crippen molar-refractivity contribution < 1.29 is 13.5 Å². The van der Waals surface area contributed by atoms with E-state index in [9.17, 15) is 13.5 Å². The number of benzene rings is 1. The van der Waals surface area contributed by atoms with Gasteiger partial charge in [-0.1, -0.05) is 25.1 Å². The van der Waals surface area contributed by atoms with E-state index in [0.717, 1.165) is 12.8 Å². The predicted molar refractivity (Wildman–Crippen MR) is 74.1 cm³/mol. The van der Waals surface area contributed by atoms with Crippen molar-refractivity contribution in [2.75, 3.05) is 6.54 Å². The van der Waals surface area contributed by atoms with Crippen molar-refractivity contribution >= 4 is 10.0 Å². The molecule has 0 aliphatic carbocycles. The van der Waals surface area contributed by atoms with E-state index < -0.39 is 10.0 Å². The van der Waals surface area contributed by atoms with Crippen molar-refractivity contribution in [2.24, 2.45) is 5.92 Å². The average Bonchev–Trinajstić information content (AvgIpc) is 2.38. The van der Waals surface area contributed by atoms with Crippen molar-refractivity contribution in [2.45, 2.75) is 44.2 Å². The quantitative estimate of drug-likeness (QED) is 0.923. The third-order valence-corrected chi connectivity index (χ3v) is 5.92. The molecule has 2 unspecified atom stereocenters. The average molecular weight is 283 g/mol. The minimum absolute atomic E-state index is 0.0144. The van der Waals surface area contributed by atoms with Crippen LogP contribution in [0.5, 0.6) is 0 Å². The molecule has 1 aromatic rings. The van der Waals surface area contributed by atoms with Crippen LogP contribution in [0.3, 0.4) is 0 Å². The maximum absolute atomic E-state index is 12.7. The highest BCUT2D eigenvalue weighted by Gasteiger charge is 2.34. The molecule has 0 amide bonds. The van der Waals surface area contributed by atoms with Gasteiger partial charge in [0.2, 0.25) is 10.0 Å². The molecule has 0 spiro atoms. The van der Waals surface area contributed by atoms with E-state index in [1.165, 1.54) is 0 Å². The van der Waals surface area contributed by atoms with Gasteiger partial charge in [0.05, 0.1) is 11.5 Å². The lowest BCUT2D eigenvalue weighted by Crippen LogP contribution is -2.44. The molecule has 5 heteroatoms. The Bertz CT molecular complexity index is 541. The molecule has 4 nitrogen and oxygen atoms in total. The Morgan fingerprint density at radius 1 is 1.32 bits per heavy atom. The van der Waals surface area contributed by atoms with Crippen molar-refractivity contribution in [3.8, 4) is 0 Å². The Hall–Kier alpha value is -0.910. The van der Waals surface area contributed by atoms with Gasteiger partial charge in [-0.15, -0.1) is 0 Å². The molecule has 1 fully saturated rings. The molecule has 0 radical (unpaired) electrons. The van der Waals surface area contributed by atoms with Crippen molar-refractivity contribution in [3.63, 3.8) is 0 Å². The largest absolute Gasteiger partial charge is 0.392 e. The first kappa shape index (κ1) is 14.5. The van der Waals surface area contributed by atoms with E-state index in [0.29, 0.717) is 18.0 Å². The zero-order chi connectivity index (χ0) is 14.0. The molecule has 1 aromatic carbocycles. The molecule has 1 aliphatic rings. The molecular weight excluding hydrogens is 262 g/mol. The van der Waals surface area contributed by atoms with E-state index in [1.807, 2.05) is 6.92 Å². The molecule has 19 heavy (non-hydrogen) atoms. The fourth-order valence-electron chi connectivity index (χ4n) is 2.76. The summed E-state index contributed by atoms with van der Waals surface area (Å²) in [4.78, 5) is 0.235. The van der Waals surface area contributed by atoms with Crippen LogP contribution in [0.2, 0.25) is 0 Å². The summed E-state index contributed by atoms with van der Waals surface area (Å²) in [5, 5.41) is 9.31. The van der Waals surface area contributed by atoms with Crippen LogP contribution in [0.4, 0.5) is 0 Å². The summed E-state index contributed by atoms with van der Waals surface area (Å²) in [7, 11) is -3.50. The lowest BCUT2D eigenvalue weighted by Gasteiger charge is -2.35. The summed E-state index contributed by atoms with van der Waals surface area (Å²) >= 11 is 0. The van der Waals surface area contributed by atoms with Crippen molar-refractivity contribution in [3.05, 3.63) is 29.8 Å². The van der Waals surface area contributed by atoms with Gasteiger partial charge in [0, 0.05) is 12.6 Å². The number of piperidine rings is 1. The van der Waals surface area contributed by atoms with Gasteiger partial charge < -0.3 is 5.11 Å². The van der Waals surface area contributed by atoms with Gasteiger partial charge in [-0.25, -0.2) is 8.42 Å². The van der Waals surface area contributed by atoms with Crippen LogP contribution < -0.4 is 0 Å². The maximum atomic E-state index is 12.7. The smallest absolute Gasteiger partial charge is 0.243 e. The first-order chi connectivity index (χ1) is 8.96. The molecule has 2 atom stereocenters. The molecule has 0 saturated carbocycles. The third-order valence-electron chi connectivity index (χ3n) is 3.81. The molecule has 2 rings (SSSR count). The second-order valence-corrected chi connectivity index (χ2v) is 7.22. The van der Waals surface area contributed by atoms with E-state index in [4.69, 9.17) is 0 Å². The molecule has 106 valence electrons. The monoisotopic (exact) mass is 283 g/mol. The number of hydrogen-bond donors (Lipinski definition) is 1. The third kappa shape index (κ3) is 2.83. The summed E-state index contributed by atoms with van der Waals surface area (Å²) in [6.45, 7) is 4.41. The van der Waals surface area contributed by atoms with E-state index >= 15 is 0 Å². The van der Waals surface area contributed by atoms with E-state index in [-0.39, 0.29) is 17.5 Å². The topological polar surface area (TPSA) is 57.6 Å². The lowest BCUT2D eigenvalue weighted by molar-refractivity contribution is 0.219. The minimum atomic E-state index is -3.50. The van der Waals surface area contributed by atoms with Crippen LogP contribution in [-0.2, 0) is 16.6 Å². The van der Waals surface area contributed by atoms with Crippen LogP contribution in [0.25, 0.3) is 0 Å². The van der Waals surface area contributed by atoms with Crippen LogP contribution in [0.1, 0.15) is 32.3 Å². The normalized spacial score (nSPS) is 25.4. The van der Waals surface area contributed by atoms with Gasteiger partial charge in [-0.2, -0.15) is 4.31 Å². The highest BCUT2D eigenvalue weighted by atomic mass is 32.2. The van der Waals surface area contributed by atoms with Crippen molar-refractivity contribution in [1.29, 1.82) is 0 Å². The van der Waals surface area contributed by atoms with Crippen molar-refractivity contribution in [1.82, 2.24) is 4.31 Å². The fourth-order valence-corrected chi connectivity index (χ4v) is 4.63. The summed E-state index contributed by atoms with van der Waals surface area (Å²) in [5.41, 5.74) is 0.466. The number of aliphatic hydroxyl groups excluding tert-OH is 1. The molecule has 0 bridgehead atoms. The number of nitrogens with zero attached hydrogens (tertiary/aromatic N) is 1. The molecular formula is C14H21NO3S. The summed E-state index contributed by atoms with van der Waals surface area (Å²) in [6.07, 6.45) is 1.78. The Labute approximate surface area is 115 Å². The molecule has 1 aliphatic heterocycles. The number of hydrogen-bond acceptors (Lipinski definition) is 3. The zero-order valence-electron chi connectivity index (χ0n) is 11.4. The Morgan fingerprint density at radius 2 is 2.00 bits per heavy atom. The first-order valence-corrected chi connectivity index (χ1v) is 8.11. The second kappa shape index (κ2) is 5.61. The summed E-state index contributed by atoms with van der Waals surface area (Å²) < 4.78 is 27.0. The number of rotatable bonds is 3. The summed E-state index contributed by atoms with van der Waals surface area (Å²) in [6, 6.07) is 6.69. The summed E-state index contributed by atoms with van der Waals surface area (Å²) in [5.74, 6) is 0.564. The Kier molecular flexibility index (Phi) is 4.28. The van der Waals surface area contributed by atoms with E-state index in [1.54, 1.807) is 28.6 Å². The van der Waals surface area contributed by atoms with Gasteiger partial charge in [0.25, 0.3) is 0 Å². The zero-order valence-corrected chi connectivity index (χ0v) is 12.2. The Morgan fingerprint density at radius 3 is 2.63 bits per heavy atom. The SMILES string of the molecule is CC1CCN(S(=O)(=O)c2ccccc2CO)C(C)C1. The van der Waals surface area contributed by atoms with Crippen LogP contribution in [0.15, 0.2) is 29.2 Å². The highest BCUT2D eigenvalue weighted by Crippen LogP contribution is 2.29. The highest BCUT2D eigenvalue weighted by molar-refractivity contribution is 7.89. The first-order valence-electron chi connectivity index (χ1n) is 6.67. The van der Waals surface area contributed by atoms with Gasteiger partial charge >= 0.3 is 0 Å². The molecule has 0 aromatic heterocycles. The van der Waals surface area contributed by atoms with Gasteiger partial charge in [0.1, 0.15) is 0 Å². The maximum Gasteiger partial charge on any atom is 0.243 e. The fraction of sp³-hybridized carbons (Fsp3) is 0.571. The standard InChI is InChI=1S/C14H21NO3S/c1-11-7-8-15(12(2)9-11)19(17,18)14-6-4-3-5-13(14)10-16/h3-6,11-12,16H,7-10H2,1-2H3. The van der Waals surface area contributed by atoms with Gasteiger partial charge in [-0.05, 0) is 37.3 Å². The van der Waals surface area contributed by atoms with Gasteiger partial charge in [-0.3, -0.25) is 0 Å². The van der Waals surface area contributed by atoms with Crippen LogP contribution in [-0.4, -0.2) is 30.4 Å².